The van der Waals surface area contributed by atoms with Crippen molar-refractivity contribution >= 4 is 45.2 Å². The van der Waals surface area contributed by atoms with Crippen molar-refractivity contribution in [2.75, 3.05) is 7.11 Å². The first kappa shape index (κ1) is 10.0. The van der Waals surface area contributed by atoms with E-state index in [9.17, 15) is 0 Å². The summed E-state index contributed by atoms with van der Waals surface area (Å²) in [5, 5.41) is 0. The SMILES string of the molecule is COc1ccc2[nH]c(CCl)nc2c1I. The standard InChI is InChI=1S/C9H8ClIN2O/c1-14-6-3-2-5-9(8(6)11)13-7(4-10)12-5/h2-3H,4H2,1H3,(H,12,13). The smallest absolute Gasteiger partial charge is 0.134 e. The number of H-pyrrole nitrogens is 1. The van der Waals surface area contributed by atoms with Gasteiger partial charge in [-0.05, 0) is 34.7 Å². The molecule has 2 rings (SSSR count). The molecule has 0 amide bonds. The van der Waals surface area contributed by atoms with Gasteiger partial charge >= 0.3 is 0 Å². The number of halogens is 2. The van der Waals surface area contributed by atoms with Crippen molar-refractivity contribution in [3.63, 3.8) is 0 Å². The van der Waals surface area contributed by atoms with E-state index < -0.39 is 0 Å². The van der Waals surface area contributed by atoms with Crippen molar-refractivity contribution in [3.05, 3.63) is 21.5 Å². The molecule has 5 heteroatoms. The van der Waals surface area contributed by atoms with Crippen LogP contribution in [0.3, 0.4) is 0 Å². The number of aromatic nitrogens is 2. The minimum absolute atomic E-state index is 0.396. The number of nitrogens with one attached hydrogen (secondary N) is 1. The summed E-state index contributed by atoms with van der Waals surface area (Å²) in [6, 6.07) is 3.86. The minimum Gasteiger partial charge on any atom is -0.496 e. The van der Waals surface area contributed by atoms with Gasteiger partial charge in [0.2, 0.25) is 0 Å². The molecular formula is C9H8ClIN2O. The first-order valence-corrected chi connectivity index (χ1v) is 5.64. The summed E-state index contributed by atoms with van der Waals surface area (Å²) < 4.78 is 6.21. The fraction of sp³-hybridized carbons (Fsp3) is 0.222. The van der Waals surface area contributed by atoms with Gasteiger partial charge in [-0.15, -0.1) is 11.6 Å². The normalized spacial score (nSPS) is 10.8. The lowest BCUT2D eigenvalue weighted by molar-refractivity contribution is 0.412. The Labute approximate surface area is 100.0 Å². The monoisotopic (exact) mass is 322 g/mol. The average Bonchev–Trinajstić information content (AvgIpc) is 2.62. The number of nitrogens with zero attached hydrogens (tertiary/aromatic N) is 1. The first-order chi connectivity index (χ1) is 6.76. The van der Waals surface area contributed by atoms with E-state index in [0.717, 1.165) is 26.2 Å². The summed E-state index contributed by atoms with van der Waals surface area (Å²) in [7, 11) is 1.65. The topological polar surface area (TPSA) is 37.9 Å². The Balaban J connectivity index is 2.68. The number of aromatic amines is 1. The Hall–Kier alpha value is -0.490. The molecule has 0 bridgehead atoms. The lowest BCUT2D eigenvalue weighted by atomic mass is 10.3. The molecule has 1 N–H and O–H groups in total. The van der Waals surface area contributed by atoms with E-state index in [1.54, 1.807) is 7.11 Å². The molecule has 3 nitrogen and oxygen atoms in total. The largest absolute Gasteiger partial charge is 0.496 e. The number of rotatable bonds is 2. The van der Waals surface area contributed by atoms with Crippen molar-refractivity contribution in [1.29, 1.82) is 0 Å². The van der Waals surface area contributed by atoms with Crippen LogP contribution in [0.4, 0.5) is 0 Å². The molecule has 0 fully saturated rings. The Kier molecular flexibility index (Phi) is 2.83. The van der Waals surface area contributed by atoms with Gasteiger partial charge in [-0.25, -0.2) is 4.98 Å². The second kappa shape index (κ2) is 3.94. The molecule has 0 aliphatic heterocycles. The van der Waals surface area contributed by atoms with Gasteiger partial charge < -0.3 is 9.72 Å². The Morgan fingerprint density at radius 3 is 3.00 bits per heavy atom. The molecule has 2 aromatic rings. The predicted molar refractivity (Wildman–Crippen MR) is 64.9 cm³/mol. The zero-order chi connectivity index (χ0) is 10.1. The highest BCUT2D eigenvalue weighted by Crippen LogP contribution is 2.27. The average molecular weight is 323 g/mol. The van der Waals surface area contributed by atoms with Crippen LogP contribution < -0.4 is 4.74 Å². The molecule has 0 atom stereocenters. The lowest BCUT2D eigenvalue weighted by Gasteiger charge is -2.01. The van der Waals surface area contributed by atoms with Gasteiger partial charge in [0.25, 0.3) is 0 Å². The fourth-order valence-corrected chi connectivity index (χ4v) is 2.23. The van der Waals surface area contributed by atoms with Crippen LogP contribution in [0.2, 0.25) is 0 Å². The summed E-state index contributed by atoms with van der Waals surface area (Å²) in [5.74, 6) is 2.02. The van der Waals surface area contributed by atoms with Crippen LogP contribution in [0.15, 0.2) is 12.1 Å². The van der Waals surface area contributed by atoms with Crippen molar-refractivity contribution in [2.45, 2.75) is 5.88 Å². The molecule has 0 aliphatic rings. The molecule has 0 saturated carbocycles. The van der Waals surface area contributed by atoms with Gasteiger partial charge in [-0.1, -0.05) is 0 Å². The minimum atomic E-state index is 0.396. The van der Waals surface area contributed by atoms with E-state index in [1.165, 1.54) is 0 Å². The summed E-state index contributed by atoms with van der Waals surface area (Å²) in [5.41, 5.74) is 1.91. The van der Waals surface area contributed by atoms with Crippen LogP contribution in [0, 0.1) is 3.57 Å². The van der Waals surface area contributed by atoms with Crippen molar-refractivity contribution in [1.82, 2.24) is 9.97 Å². The highest BCUT2D eigenvalue weighted by atomic mass is 127. The number of fused-ring (bicyclic) bond motifs is 1. The molecule has 0 unspecified atom stereocenters. The van der Waals surface area contributed by atoms with Gasteiger partial charge in [-0.2, -0.15) is 0 Å². The fourth-order valence-electron chi connectivity index (χ4n) is 1.30. The summed E-state index contributed by atoms with van der Waals surface area (Å²) in [4.78, 5) is 7.50. The molecule has 0 aliphatic carbocycles. The second-order valence-corrected chi connectivity index (χ2v) is 4.14. The molecule has 1 aromatic carbocycles. The quantitative estimate of drug-likeness (QED) is 0.682. The number of hydrogen-bond acceptors (Lipinski definition) is 2. The molecule has 1 heterocycles. The maximum atomic E-state index is 5.70. The number of hydrogen-bond donors (Lipinski definition) is 1. The zero-order valence-corrected chi connectivity index (χ0v) is 10.4. The third-order valence-corrected chi connectivity index (χ3v) is 3.25. The van der Waals surface area contributed by atoms with Gasteiger partial charge in [-0.3, -0.25) is 0 Å². The number of ether oxygens (including phenoxy) is 1. The van der Waals surface area contributed by atoms with Crippen LogP contribution >= 0.6 is 34.2 Å². The maximum absolute atomic E-state index is 5.70. The summed E-state index contributed by atoms with van der Waals surface area (Å²) in [6.45, 7) is 0. The van der Waals surface area contributed by atoms with E-state index in [0.29, 0.717) is 5.88 Å². The molecule has 0 radical (unpaired) electrons. The highest BCUT2D eigenvalue weighted by Gasteiger charge is 2.09. The molecule has 1 aromatic heterocycles. The van der Waals surface area contributed by atoms with Crippen LogP contribution in [-0.2, 0) is 5.88 Å². The van der Waals surface area contributed by atoms with Crippen LogP contribution in [0.1, 0.15) is 5.82 Å². The Morgan fingerprint density at radius 1 is 1.57 bits per heavy atom. The van der Waals surface area contributed by atoms with Crippen LogP contribution in [-0.4, -0.2) is 17.1 Å². The zero-order valence-electron chi connectivity index (χ0n) is 7.47. The summed E-state index contributed by atoms with van der Waals surface area (Å²) >= 11 is 7.91. The summed E-state index contributed by atoms with van der Waals surface area (Å²) in [6.07, 6.45) is 0. The van der Waals surface area contributed by atoms with Gasteiger partial charge in [0.05, 0.1) is 22.1 Å². The molecule has 14 heavy (non-hydrogen) atoms. The van der Waals surface area contributed by atoms with E-state index in [-0.39, 0.29) is 0 Å². The Bertz CT molecular complexity index is 469. The van der Waals surface area contributed by atoms with Gasteiger partial charge in [0, 0.05) is 0 Å². The van der Waals surface area contributed by atoms with Crippen LogP contribution in [0.5, 0.6) is 5.75 Å². The van der Waals surface area contributed by atoms with E-state index in [1.807, 2.05) is 12.1 Å². The first-order valence-electron chi connectivity index (χ1n) is 4.03. The molecule has 0 spiro atoms. The number of imidazole rings is 1. The van der Waals surface area contributed by atoms with E-state index in [2.05, 4.69) is 32.6 Å². The maximum Gasteiger partial charge on any atom is 0.134 e. The van der Waals surface area contributed by atoms with Gasteiger partial charge in [0.1, 0.15) is 17.1 Å². The Morgan fingerprint density at radius 2 is 2.36 bits per heavy atom. The predicted octanol–water partition coefficient (Wildman–Crippen LogP) is 2.91. The van der Waals surface area contributed by atoms with Crippen molar-refractivity contribution in [3.8, 4) is 5.75 Å². The second-order valence-electron chi connectivity index (χ2n) is 2.80. The van der Waals surface area contributed by atoms with E-state index >= 15 is 0 Å². The van der Waals surface area contributed by atoms with Crippen molar-refractivity contribution < 1.29 is 4.74 Å². The molecule has 0 saturated heterocycles. The number of methoxy groups -OCH3 is 1. The number of alkyl halides is 1. The third-order valence-electron chi connectivity index (χ3n) is 1.95. The van der Waals surface area contributed by atoms with Crippen LogP contribution in [0.25, 0.3) is 11.0 Å². The third kappa shape index (κ3) is 1.56. The molecule has 74 valence electrons. The van der Waals surface area contributed by atoms with Gasteiger partial charge in [0.15, 0.2) is 0 Å². The highest BCUT2D eigenvalue weighted by molar-refractivity contribution is 14.1. The van der Waals surface area contributed by atoms with Crippen molar-refractivity contribution in [2.24, 2.45) is 0 Å². The molecular weight excluding hydrogens is 314 g/mol. The number of benzene rings is 1. The van der Waals surface area contributed by atoms with E-state index in [4.69, 9.17) is 16.3 Å². The lowest BCUT2D eigenvalue weighted by Crippen LogP contribution is -1.87.